The highest BCUT2D eigenvalue weighted by Crippen LogP contribution is 2.43. The summed E-state index contributed by atoms with van der Waals surface area (Å²) in [6, 6.07) is 66.2. The number of nitrogens with zero attached hydrogens (tertiary/aromatic N) is 1. The highest BCUT2D eigenvalue weighted by atomic mass is 16.3. The van der Waals surface area contributed by atoms with Gasteiger partial charge in [-0.3, -0.25) is 0 Å². The predicted molar refractivity (Wildman–Crippen MR) is 212 cm³/mol. The molecule has 0 bridgehead atoms. The molecule has 3 heteroatoms. The number of hydrogen-bond acceptors (Lipinski definition) is 3. The van der Waals surface area contributed by atoms with Gasteiger partial charge >= 0.3 is 0 Å². The van der Waals surface area contributed by atoms with E-state index in [4.69, 9.17) is 8.83 Å². The second-order valence-corrected chi connectivity index (χ2v) is 12.9. The topological polar surface area (TPSA) is 29.5 Å². The van der Waals surface area contributed by atoms with Gasteiger partial charge in [0.1, 0.15) is 22.3 Å². The van der Waals surface area contributed by atoms with E-state index in [9.17, 15) is 0 Å². The first-order chi connectivity index (χ1) is 25.3. The molecule has 10 rings (SSSR count). The molecular formula is C48H31NO2. The summed E-state index contributed by atoms with van der Waals surface area (Å²) in [5, 5.41) is 4.27. The number of para-hydroxylation sites is 2. The lowest BCUT2D eigenvalue weighted by Crippen LogP contribution is -2.10. The number of anilines is 3. The van der Waals surface area contributed by atoms with Crippen LogP contribution in [0, 0.1) is 0 Å². The van der Waals surface area contributed by atoms with Crippen molar-refractivity contribution in [1.29, 1.82) is 0 Å². The SMILES string of the molecule is c1ccc(-c2ccc(N(c3ccc(-c4cccc5c4oc4c5ccc5oc6ccccc6c54)cc3)c3cccc(-c4ccccc4)c3)cc2)cc1. The summed E-state index contributed by atoms with van der Waals surface area (Å²) in [7, 11) is 0. The number of hydrogen-bond donors (Lipinski definition) is 0. The molecule has 0 unspecified atom stereocenters. The van der Waals surface area contributed by atoms with Crippen LogP contribution in [0.15, 0.2) is 197 Å². The quantitative estimate of drug-likeness (QED) is 0.179. The average Bonchev–Trinajstić information content (AvgIpc) is 3.78. The van der Waals surface area contributed by atoms with Crippen LogP contribution < -0.4 is 4.90 Å². The Balaban J connectivity index is 1.08. The van der Waals surface area contributed by atoms with E-state index < -0.39 is 0 Å². The van der Waals surface area contributed by atoms with Crippen LogP contribution in [-0.4, -0.2) is 0 Å². The third kappa shape index (κ3) is 4.98. The molecule has 0 radical (unpaired) electrons. The Morgan fingerprint density at radius 2 is 0.882 bits per heavy atom. The van der Waals surface area contributed by atoms with E-state index in [2.05, 4.69) is 175 Å². The van der Waals surface area contributed by atoms with Gasteiger partial charge < -0.3 is 13.7 Å². The lowest BCUT2D eigenvalue weighted by molar-refractivity contribution is 0.663. The van der Waals surface area contributed by atoms with Crippen molar-refractivity contribution in [3.63, 3.8) is 0 Å². The van der Waals surface area contributed by atoms with Crippen LogP contribution in [0.4, 0.5) is 17.1 Å². The Hall–Kier alpha value is -6.84. The van der Waals surface area contributed by atoms with Gasteiger partial charge in [0.25, 0.3) is 0 Å². The first-order valence-corrected chi connectivity index (χ1v) is 17.3. The molecular weight excluding hydrogens is 623 g/mol. The zero-order valence-corrected chi connectivity index (χ0v) is 27.7. The maximum atomic E-state index is 6.77. The molecule has 0 spiro atoms. The van der Waals surface area contributed by atoms with Crippen molar-refractivity contribution in [2.45, 2.75) is 0 Å². The second kappa shape index (κ2) is 11.9. The van der Waals surface area contributed by atoms with Gasteiger partial charge in [0.15, 0.2) is 0 Å². The highest BCUT2D eigenvalue weighted by Gasteiger charge is 2.19. The van der Waals surface area contributed by atoms with Crippen molar-refractivity contribution >= 4 is 60.9 Å². The second-order valence-electron chi connectivity index (χ2n) is 12.9. The average molecular weight is 654 g/mol. The minimum absolute atomic E-state index is 0.835. The van der Waals surface area contributed by atoms with Gasteiger partial charge in [-0.25, -0.2) is 0 Å². The third-order valence-corrected chi connectivity index (χ3v) is 9.89. The summed E-state index contributed by atoms with van der Waals surface area (Å²) in [4.78, 5) is 2.33. The van der Waals surface area contributed by atoms with E-state index in [0.29, 0.717) is 0 Å². The molecule has 0 saturated carbocycles. The predicted octanol–water partition coefficient (Wildman–Crippen LogP) is 14.0. The molecule has 0 atom stereocenters. The first kappa shape index (κ1) is 29.1. The van der Waals surface area contributed by atoms with E-state index >= 15 is 0 Å². The standard InChI is InChI=1S/C48H31NO2/c1-3-11-32(12-4-1)34-21-25-37(26-22-34)49(39-16-9-15-36(31-39)33-13-5-2-6-14-33)38-27-23-35(24-28-38)40-18-10-19-41-42-29-30-45-46(48(42)51-47(40)41)43-17-7-8-20-44(43)50-45/h1-31H. The van der Waals surface area contributed by atoms with Crippen molar-refractivity contribution in [3.8, 4) is 33.4 Å². The monoisotopic (exact) mass is 653 g/mol. The molecule has 0 fully saturated rings. The largest absolute Gasteiger partial charge is 0.456 e. The number of benzene rings is 8. The summed E-state index contributed by atoms with van der Waals surface area (Å²) in [6.07, 6.45) is 0. The van der Waals surface area contributed by atoms with E-state index in [1.165, 1.54) is 22.3 Å². The van der Waals surface area contributed by atoms with E-state index in [1.807, 2.05) is 18.2 Å². The molecule has 0 aliphatic heterocycles. The molecule has 51 heavy (non-hydrogen) atoms. The van der Waals surface area contributed by atoms with Crippen LogP contribution in [0.3, 0.4) is 0 Å². The third-order valence-electron chi connectivity index (χ3n) is 9.89. The van der Waals surface area contributed by atoms with Gasteiger partial charge in [-0.05, 0) is 82.4 Å². The Morgan fingerprint density at radius 1 is 0.314 bits per heavy atom. The molecule has 0 amide bonds. The zero-order chi connectivity index (χ0) is 33.7. The van der Waals surface area contributed by atoms with E-state index in [0.717, 1.165) is 72.1 Å². The Bertz CT molecular complexity index is 2830. The fraction of sp³-hybridized carbons (Fsp3) is 0. The Kier molecular flexibility index (Phi) is 6.81. The van der Waals surface area contributed by atoms with Crippen molar-refractivity contribution in [3.05, 3.63) is 188 Å². The molecule has 0 N–H and O–H groups in total. The van der Waals surface area contributed by atoms with Gasteiger partial charge in [0, 0.05) is 38.8 Å². The lowest BCUT2D eigenvalue weighted by Gasteiger charge is -2.26. The van der Waals surface area contributed by atoms with E-state index in [-0.39, 0.29) is 0 Å². The maximum Gasteiger partial charge on any atom is 0.147 e. The normalized spacial score (nSPS) is 11.5. The van der Waals surface area contributed by atoms with Crippen LogP contribution >= 0.6 is 0 Å². The molecule has 240 valence electrons. The van der Waals surface area contributed by atoms with Gasteiger partial charge in [0.2, 0.25) is 0 Å². The fourth-order valence-corrected chi connectivity index (χ4v) is 7.42. The molecule has 3 nitrogen and oxygen atoms in total. The van der Waals surface area contributed by atoms with Crippen LogP contribution in [0.1, 0.15) is 0 Å². The summed E-state index contributed by atoms with van der Waals surface area (Å²) < 4.78 is 12.9. The lowest BCUT2D eigenvalue weighted by atomic mass is 10.0. The van der Waals surface area contributed by atoms with Gasteiger partial charge in [0.05, 0.1) is 5.39 Å². The number of fused-ring (bicyclic) bond motifs is 7. The van der Waals surface area contributed by atoms with Gasteiger partial charge in [-0.2, -0.15) is 0 Å². The molecule has 0 aliphatic carbocycles. The zero-order valence-electron chi connectivity index (χ0n) is 27.7. The van der Waals surface area contributed by atoms with Crippen molar-refractivity contribution in [2.75, 3.05) is 4.90 Å². The number of furan rings is 2. The smallest absolute Gasteiger partial charge is 0.147 e. The van der Waals surface area contributed by atoms with Crippen molar-refractivity contribution in [1.82, 2.24) is 0 Å². The molecule has 8 aromatic carbocycles. The van der Waals surface area contributed by atoms with Crippen LogP contribution in [0.25, 0.3) is 77.3 Å². The Labute approximate surface area is 295 Å². The van der Waals surface area contributed by atoms with Crippen LogP contribution in [-0.2, 0) is 0 Å². The first-order valence-electron chi connectivity index (χ1n) is 17.3. The molecule has 0 aliphatic rings. The van der Waals surface area contributed by atoms with E-state index in [1.54, 1.807) is 0 Å². The Morgan fingerprint density at radius 3 is 1.63 bits per heavy atom. The fourth-order valence-electron chi connectivity index (χ4n) is 7.42. The molecule has 0 saturated heterocycles. The summed E-state index contributed by atoms with van der Waals surface area (Å²) >= 11 is 0. The summed E-state index contributed by atoms with van der Waals surface area (Å²) in [5.74, 6) is 0. The van der Waals surface area contributed by atoms with Gasteiger partial charge in [-0.1, -0.05) is 133 Å². The van der Waals surface area contributed by atoms with Crippen LogP contribution in [0.5, 0.6) is 0 Å². The summed E-state index contributed by atoms with van der Waals surface area (Å²) in [6.45, 7) is 0. The number of rotatable bonds is 6. The summed E-state index contributed by atoms with van der Waals surface area (Å²) in [5.41, 5.74) is 13.6. The van der Waals surface area contributed by atoms with Crippen molar-refractivity contribution in [2.24, 2.45) is 0 Å². The molecule has 2 heterocycles. The highest BCUT2D eigenvalue weighted by molar-refractivity contribution is 6.23. The minimum Gasteiger partial charge on any atom is -0.456 e. The molecule has 10 aromatic rings. The minimum atomic E-state index is 0.835. The molecule has 2 aromatic heterocycles. The maximum absolute atomic E-state index is 6.77. The van der Waals surface area contributed by atoms with Crippen LogP contribution in [0.2, 0.25) is 0 Å². The van der Waals surface area contributed by atoms with Gasteiger partial charge in [-0.15, -0.1) is 0 Å². The van der Waals surface area contributed by atoms with Crippen molar-refractivity contribution < 1.29 is 8.83 Å².